The van der Waals surface area contributed by atoms with E-state index in [0.717, 1.165) is 0 Å². The number of halogens is 3. The molecule has 6 nitrogen and oxygen atoms in total. The maximum atomic E-state index is 13.4. The summed E-state index contributed by atoms with van der Waals surface area (Å²) in [7, 11) is 0. The second kappa shape index (κ2) is 9.67. The molecule has 0 aliphatic rings. The van der Waals surface area contributed by atoms with Crippen LogP contribution in [0.1, 0.15) is 27.2 Å². The monoisotopic (exact) mass is 499 g/mol. The SMILES string of the molecule is Cc1onc(-c2c(Cl)cccc2Cl)c1C(=O)Nc1ccc(Cl)cc1/C(=N\O)c1ccccc1. The summed E-state index contributed by atoms with van der Waals surface area (Å²) in [5.41, 5.74) is 2.46. The van der Waals surface area contributed by atoms with Gasteiger partial charge in [0.2, 0.25) is 0 Å². The molecule has 0 fully saturated rings. The van der Waals surface area contributed by atoms with Gasteiger partial charge >= 0.3 is 0 Å². The Balaban J connectivity index is 1.77. The Morgan fingerprint density at radius 2 is 1.70 bits per heavy atom. The van der Waals surface area contributed by atoms with Crippen LogP contribution in [0.3, 0.4) is 0 Å². The first-order chi connectivity index (χ1) is 15.9. The summed E-state index contributed by atoms with van der Waals surface area (Å²) >= 11 is 18.9. The molecule has 1 amide bonds. The van der Waals surface area contributed by atoms with E-state index < -0.39 is 5.91 Å². The van der Waals surface area contributed by atoms with E-state index in [1.165, 1.54) is 0 Å². The molecule has 2 N–H and O–H groups in total. The van der Waals surface area contributed by atoms with E-state index in [0.29, 0.717) is 37.4 Å². The van der Waals surface area contributed by atoms with Crippen molar-refractivity contribution >= 4 is 52.1 Å². The van der Waals surface area contributed by atoms with Gasteiger partial charge in [0.05, 0.1) is 15.7 Å². The minimum atomic E-state index is -0.506. The molecule has 0 aliphatic carbocycles. The molecule has 0 saturated carbocycles. The summed E-state index contributed by atoms with van der Waals surface area (Å²) in [5.74, 6) is -0.221. The molecular formula is C24H16Cl3N3O3. The van der Waals surface area contributed by atoms with Gasteiger partial charge in [0.15, 0.2) is 0 Å². The lowest BCUT2D eigenvalue weighted by atomic mass is 10.00. The number of anilines is 1. The van der Waals surface area contributed by atoms with Crippen LogP contribution < -0.4 is 5.32 Å². The second-order valence-corrected chi connectivity index (χ2v) is 8.27. The van der Waals surface area contributed by atoms with Gasteiger partial charge in [-0.2, -0.15) is 0 Å². The van der Waals surface area contributed by atoms with Crippen molar-refractivity contribution in [3.63, 3.8) is 0 Å². The van der Waals surface area contributed by atoms with Crippen LogP contribution in [0.2, 0.25) is 15.1 Å². The first-order valence-electron chi connectivity index (χ1n) is 9.70. The molecule has 0 radical (unpaired) electrons. The fourth-order valence-corrected chi connectivity index (χ4v) is 4.15. The molecule has 0 saturated heterocycles. The number of rotatable bonds is 5. The Bertz CT molecular complexity index is 1350. The predicted molar refractivity (Wildman–Crippen MR) is 130 cm³/mol. The summed E-state index contributed by atoms with van der Waals surface area (Å²) < 4.78 is 5.29. The Morgan fingerprint density at radius 3 is 2.36 bits per heavy atom. The number of hydrogen-bond acceptors (Lipinski definition) is 5. The van der Waals surface area contributed by atoms with Gasteiger partial charge in [-0.15, -0.1) is 0 Å². The van der Waals surface area contributed by atoms with E-state index in [1.54, 1.807) is 55.5 Å². The zero-order chi connectivity index (χ0) is 23.5. The molecule has 0 unspecified atom stereocenters. The number of nitrogens with one attached hydrogen (secondary N) is 1. The van der Waals surface area contributed by atoms with Crippen LogP contribution in [0.4, 0.5) is 5.69 Å². The molecule has 3 aromatic carbocycles. The normalized spacial score (nSPS) is 11.5. The Kier molecular flexibility index (Phi) is 6.70. The highest BCUT2D eigenvalue weighted by Gasteiger charge is 2.26. The van der Waals surface area contributed by atoms with Gasteiger partial charge in [-0.25, -0.2) is 0 Å². The molecule has 9 heteroatoms. The van der Waals surface area contributed by atoms with Crippen LogP contribution in [0, 0.1) is 6.92 Å². The number of aromatic nitrogens is 1. The zero-order valence-electron chi connectivity index (χ0n) is 17.1. The van der Waals surface area contributed by atoms with Crippen molar-refractivity contribution < 1.29 is 14.5 Å². The third-order valence-corrected chi connectivity index (χ3v) is 5.79. The first-order valence-corrected chi connectivity index (χ1v) is 10.8. The van der Waals surface area contributed by atoms with E-state index in [-0.39, 0.29) is 22.7 Å². The third-order valence-electron chi connectivity index (χ3n) is 4.92. The number of hydrogen-bond donors (Lipinski definition) is 2. The topological polar surface area (TPSA) is 87.7 Å². The fraction of sp³-hybridized carbons (Fsp3) is 0.0417. The van der Waals surface area contributed by atoms with Gasteiger partial charge in [0, 0.05) is 21.7 Å². The molecule has 0 spiro atoms. The number of carbonyl (C=O) groups excluding carboxylic acids is 1. The second-order valence-electron chi connectivity index (χ2n) is 7.02. The maximum Gasteiger partial charge on any atom is 0.261 e. The summed E-state index contributed by atoms with van der Waals surface area (Å²) in [4.78, 5) is 13.4. The van der Waals surface area contributed by atoms with Crippen molar-refractivity contribution in [2.24, 2.45) is 5.16 Å². The third kappa shape index (κ3) is 4.59. The molecule has 33 heavy (non-hydrogen) atoms. The summed E-state index contributed by atoms with van der Waals surface area (Å²) in [6.07, 6.45) is 0. The van der Waals surface area contributed by atoms with Gasteiger partial charge in [-0.1, -0.05) is 81.5 Å². The van der Waals surface area contributed by atoms with E-state index in [9.17, 15) is 10.0 Å². The van der Waals surface area contributed by atoms with Crippen LogP contribution in [0.25, 0.3) is 11.3 Å². The molecular weight excluding hydrogens is 485 g/mol. The van der Waals surface area contributed by atoms with Crippen molar-refractivity contribution in [1.29, 1.82) is 0 Å². The molecule has 4 aromatic rings. The highest BCUT2D eigenvalue weighted by Crippen LogP contribution is 2.37. The van der Waals surface area contributed by atoms with Crippen molar-refractivity contribution in [3.05, 3.63) is 104 Å². The van der Waals surface area contributed by atoms with E-state index >= 15 is 0 Å². The zero-order valence-corrected chi connectivity index (χ0v) is 19.4. The predicted octanol–water partition coefficient (Wildman–Crippen LogP) is 7.09. The van der Waals surface area contributed by atoms with Crippen molar-refractivity contribution in [2.75, 3.05) is 5.32 Å². The minimum absolute atomic E-state index is 0.174. The number of nitrogens with zero attached hydrogens (tertiary/aromatic N) is 2. The van der Waals surface area contributed by atoms with Crippen molar-refractivity contribution in [1.82, 2.24) is 5.16 Å². The number of oxime groups is 1. The highest BCUT2D eigenvalue weighted by molar-refractivity contribution is 6.39. The highest BCUT2D eigenvalue weighted by atomic mass is 35.5. The quantitative estimate of drug-likeness (QED) is 0.174. The molecule has 0 aliphatic heterocycles. The molecule has 1 aromatic heterocycles. The van der Waals surface area contributed by atoms with Gasteiger partial charge in [0.1, 0.15) is 22.7 Å². The average molecular weight is 501 g/mol. The largest absolute Gasteiger partial charge is 0.410 e. The number of carbonyl (C=O) groups is 1. The Hall–Kier alpha value is -3.32. The number of amides is 1. The summed E-state index contributed by atoms with van der Waals surface area (Å²) in [6, 6.07) is 18.9. The van der Waals surface area contributed by atoms with Crippen molar-refractivity contribution in [2.45, 2.75) is 6.92 Å². The Morgan fingerprint density at radius 1 is 1.00 bits per heavy atom. The van der Waals surface area contributed by atoms with Gasteiger partial charge < -0.3 is 15.0 Å². The lowest BCUT2D eigenvalue weighted by molar-refractivity contribution is 0.102. The van der Waals surface area contributed by atoms with Crippen molar-refractivity contribution in [3.8, 4) is 11.3 Å². The minimum Gasteiger partial charge on any atom is -0.410 e. The van der Waals surface area contributed by atoms with E-state index in [1.807, 2.05) is 18.2 Å². The van der Waals surface area contributed by atoms with Crippen LogP contribution in [-0.2, 0) is 0 Å². The van der Waals surface area contributed by atoms with E-state index in [4.69, 9.17) is 39.3 Å². The maximum absolute atomic E-state index is 13.4. The summed E-state index contributed by atoms with van der Waals surface area (Å²) in [5, 5.41) is 21.1. The molecule has 4 rings (SSSR count). The van der Waals surface area contributed by atoms with Crippen LogP contribution in [0.5, 0.6) is 0 Å². The molecule has 0 bridgehead atoms. The lowest BCUT2D eigenvalue weighted by Gasteiger charge is -2.14. The number of benzene rings is 3. The van der Waals surface area contributed by atoms with Crippen LogP contribution in [0.15, 0.2) is 76.4 Å². The van der Waals surface area contributed by atoms with Gasteiger partial charge in [-0.3, -0.25) is 4.79 Å². The Labute approximate surface area is 204 Å². The number of aryl methyl sites for hydroxylation is 1. The first kappa shape index (κ1) is 22.9. The smallest absolute Gasteiger partial charge is 0.261 e. The van der Waals surface area contributed by atoms with Crippen LogP contribution in [-0.4, -0.2) is 22.0 Å². The summed E-state index contributed by atoms with van der Waals surface area (Å²) in [6.45, 7) is 1.61. The van der Waals surface area contributed by atoms with Gasteiger partial charge in [0.25, 0.3) is 5.91 Å². The molecule has 0 atom stereocenters. The molecule has 1 heterocycles. The fourth-order valence-electron chi connectivity index (χ4n) is 3.40. The standard InChI is InChI=1S/C24H16Cl3N3O3/c1-13-20(23(30-33-13)21-17(26)8-5-9-18(21)27)24(31)28-19-11-10-15(25)12-16(19)22(29-32)14-6-3-2-4-7-14/h2-12,32H,1H3,(H,28,31)/b29-22-. The van der Waals surface area contributed by atoms with Crippen LogP contribution >= 0.6 is 34.8 Å². The lowest BCUT2D eigenvalue weighted by Crippen LogP contribution is -2.17. The van der Waals surface area contributed by atoms with E-state index in [2.05, 4.69) is 15.6 Å². The molecule has 166 valence electrons. The average Bonchev–Trinajstić information content (AvgIpc) is 3.17. The van der Waals surface area contributed by atoms with Gasteiger partial charge in [-0.05, 0) is 37.3 Å².